The van der Waals surface area contributed by atoms with E-state index in [9.17, 15) is 9.59 Å². The van der Waals surface area contributed by atoms with Crippen molar-refractivity contribution < 1.29 is 9.59 Å². The van der Waals surface area contributed by atoms with E-state index in [1.165, 1.54) is 23.1 Å². The Morgan fingerprint density at radius 2 is 2.07 bits per heavy atom. The summed E-state index contributed by atoms with van der Waals surface area (Å²) in [4.78, 5) is 24.7. The largest absolute Gasteiger partial charge is 0.286 e. The summed E-state index contributed by atoms with van der Waals surface area (Å²) in [6, 6.07) is 1.71. The molecule has 1 aromatic heterocycles. The predicted octanol–water partition coefficient (Wildman–Crippen LogP) is 2.44. The molecule has 0 bridgehead atoms. The molecule has 2 heterocycles. The van der Waals surface area contributed by atoms with Crippen molar-refractivity contribution in [2.45, 2.75) is 0 Å². The summed E-state index contributed by atoms with van der Waals surface area (Å²) < 4.78 is 0. The second-order valence-electron chi connectivity index (χ2n) is 2.93. The van der Waals surface area contributed by atoms with Gasteiger partial charge in [0.05, 0.1) is 0 Å². The van der Waals surface area contributed by atoms with Crippen LogP contribution in [-0.2, 0) is 0 Å². The lowest BCUT2D eigenvalue weighted by Gasteiger charge is -2.03. The van der Waals surface area contributed by atoms with Crippen molar-refractivity contribution >= 4 is 34.7 Å². The molecule has 0 amide bonds. The molecule has 1 aliphatic carbocycles. The van der Waals surface area contributed by atoms with Crippen LogP contribution >= 0.6 is 23.1 Å². The molecule has 66 valence electrons. The molecule has 4 heteroatoms. The van der Waals surface area contributed by atoms with Crippen LogP contribution in [-0.4, -0.2) is 11.6 Å². The zero-order valence-corrected chi connectivity index (χ0v) is 8.50. The minimum Gasteiger partial charge on any atom is -0.286 e. The summed E-state index contributed by atoms with van der Waals surface area (Å²) in [5, 5.41) is 4.61. The van der Waals surface area contributed by atoms with Crippen molar-refractivity contribution in [3.63, 3.8) is 0 Å². The van der Waals surface area contributed by atoms with E-state index in [-0.39, 0.29) is 11.6 Å². The highest BCUT2D eigenvalue weighted by Gasteiger charge is 2.42. The highest BCUT2D eigenvalue weighted by Crippen LogP contribution is 2.39. The predicted molar refractivity (Wildman–Crippen MR) is 55.4 cm³/mol. The fraction of sp³-hybridized carbons (Fsp3) is 0. The van der Waals surface area contributed by atoms with E-state index in [0.717, 1.165) is 0 Å². The van der Waals surface area contributed by atoms with E-state index in [1.807, 2.05) is 0 Å². The molecule has 2 aliphatic rings. The van der Waals surface area contributed by atoms with Crippen LogP contribution in [0.4, 0.5) is 0 Å². The fourth-order valence-electron chi connectivity index (χ4n) is 1.51. The lowest BCUT2D eigenvalue weighted by molar-refractivity contribution is 0.0988. The molecule has 0 spiro atoms. The van der Waals surface area contributed by atoms with Gasteiger partial charge in [-0.1, -0.05) is 0 Å². The van der Waals surface area contributed by atoms with Crippen LogP contribution in [0.15, 0.2) is 28.0 Å². The zero-order valence-electron chi connectivity index (χ0n) is 6.87. The molecule has 0 N–H and O–H groups in total. The molecule has 3 rings (SSSR count). The number of thioether (sulfide) groups is 1. The standard InChI is InChI=1S/C10H3O2S2/c11-7-5-1-3-13-9(5)8(12)6-2-4-14-10(6)7/h1-3H/q+1. The number of rotatable bonds is 0. The number of hydrogen-bond acceptors (Lipinski definition) is 4. The first-order chi connectivity index (χ1) is 6.79. The number of ketones is 2. The maximum Gasteiger partial charge on any atom is 0.286 e. The Hall–Kier alpha value is -1.22. The minimum atomic E-state index is -0.0397. The van der Waals surface area contributed by atoms with E-state index in [0.29, 0.717) is 20.9 Å². The van der Waals surface area contributed by atoms with Gasteiger partial charge in [-0.15, -0.1) is 11.3 Å². The quantitative estimate of drug-likeness (QED) is 0.628. The summed E-state index contributed by atoms with van der Waals surface area (Å²) in [7, 11) is 0. The smallest absolute Gasteiger partial charge is 0.286 e. The first-order valence-corrected chi connectivity index (χ1v) is 5.65. The van der Waals surface area contributed by atoms with Crippen LogP contribution < -0.4 is 0 Å². The van der Waals surface area contributed by atoms with Gasteiger partial charge in [-0.05, 0) is 11.4 Å². The van der Waals surface area contributed by atoms with Gasteiger partial charge in [-0.3, -0.25) is 9.59 Å². The first kappa shape index (κ1) is 8.12. The highest BCUT2D eigenvalue weighted by molar-refractivity contribution is 8.05. The van der Waals surface area contributed by atoms with Gasteiger partial charge < -0.3 is 0 Å². The van der Waals surface area contributed by atoms with Crippen LogP contribution in [0.3, 0.4) is 0 Å². The van der Waals surface area contributed by atoms with E-state index in [1.54, 1.807) is 17.5 Å². The van der Waals surface area contributed by atoms with Crippen LogP contribution in [0.5, 0.6) is 0 Å². The molecular formula is C10H3O2S2+. The third-order valence-electron chi connectivity index (χ3n) is 2.18. The molecule has 0 saturated carbocycles. The number of carbonyl (C=O) groups excluding carboxylic acids is 2. The molecule has 0 aromatic carbocycles. The van der Waals surface area contributed by atoms with Gasteiger partial charge >= 0.3 is 0 Å². The number of carbonyl (C=O) groups is 2. The van der Waals surface area contributed by atoms with Gasteiger partial charge in [0.1, 0.15) is 22.0 Å². The van der Waals surface area contributed by atoms with Gasteiger partial charge in [0, 0.05) is 5.56 Å². The van der Waals surface area contributed by atoms with Crippen LogP contribution in [0.2, 0.25) is 0 Å². The minimum absolute atomic E-state index is 0.0397. The second kappa shape index (κ2) is 2.64. The van der Waals surface area contributed by atoms with Crippen molar-refractivity contribution in [1.29, 1.82) is 0 Å². The third-order valence-corrected chi connectivity index (χ3v) is 3.93. The van der Waals surface area contributed by atoms with E-state index < -0.39 is 0 Å². The van der Waals surface area contributed by atoms with Crippen LogP contribution in [0.1, 0.15) is 20.0 Å². The maximum atomic E-state index is 11.8. The number of Topliss-reactive ketones (excluding diaryl/α,β-unsaturated/α-hetero) is 2. The van der Waals surface area contributed by atoms with Gasteiger partial charge in [0.15, 0.2) is 16.6 Å². The summed E-state index contributed by atoms with van der Waals surface area (Å²) >= 11 is 2.54. The average molecular weight is 219 g/mol. The first-order valence-electron chi connectivity index (χ1n) is 3.96. The average Bonchev–Trinajstić information content (AvgIpc) is 2.82. The Bertz CT molecular complexity index is 520. The Labute approximate surface area is 88.3 Å². The number of fused-ring (bicyclic) bond motifs is 1. The normalized spacial score (nSPS) is 18.3. The number of hydrogen-bond donors (Lipinski definition) is 0. The van der Waals surface area contributed by atoms with Gasteiger partial charge in [0.25, 0.3) is 5.78 Å². The molecular weight excluding hydrogens is 216 g/mol. The lowest BCUT2D eigenvalue weighted by Crippen LogP contribution is -2.15. The Kier molecular flexibility index (Phi) is 1.53. The molecule has 0 unspecified atom stereocenters. The third kappa shape index (κ3) is 0.852. The van der Waals surface area contributed by atoms with Gasteiger partial charge in [-0.2, -0.15) is 0 Å². The summed E-state index contributed by atoms with van der Waals surface area (Å²) in [6.07, 6.45) is 1.60. The molecule has 0 saturated heterocycles. The van der Waals surface area contributed by atoms with Gasteiger partial charge in [-0.25, -0.2) is 0 Å². The topological polar surface area (TPSA) is 34.1 Å². The van der Waals surface area contributed by atoms with Crippen molar-refractivity contribution in [2.24, 2.45) is 0 Å². The van der Waals surface area contributed by atoms with Crippen LogP contribution in [0.25, 0.3) is 0 Å². The zero-order chi connectivity index (χ0) is 9.71. The van der Waals surface area contributed by atoms with Crippen LogP contribution in [0, 0.1) is 5.41 Å². The molecule has 1 aliphatic heterocycles. The summed E-state index contributed by atoms with van der Waals surface area (Å²) in [5.74, 6) is -0.0794. The SMILES string of the molecule is O=C1C2=C(C=[C+]S2)C(=O)c2sccc21. The molecule has 14 heavy (non-hydrogen) atoms. The number of thiophene rings is 1. The number of allylic oxidation sites excluding steroid dienone is 3. The van der Waals surface area contributed by atoms with E-state index >= 15 is 0 Å². The Balaban J connectivity index is 2.29. The maximum absolute atomic E-state index is 11.8. The lowest BCUT2D eigenvalue weighted by atomic mass is 9.96. The van der Waals surface area contributed by atoms with E-state index in [2.05, 4.69) is 5.41 Å². The highest BCUT2D eigenvalue weighted by atomic mass is 32.2. The monoisotopic (exact) mass is 219 g/mol. The Morgan fingerprint density at radius 3 is 2.93 bits per heavy atom. The second-order valence-corrected chi connectivity index (χ2v) is 4.69. The van der Waals surface area contributed by atoms with Crippen molar-refractivity contribution in [1.82, 2.24) is 0 Å². The van der Waals surface area contributed by atoms with Crippen molar-refractivity contribution in [3.8, 4) is 0 Å². The molecule has 0 atom stereocenters. The summed E-state index contributed by atoms with van der Waals surface area (Å²) in [5.41, 5.74) is 1.05. The van der Waals surface area contributed by atoms with Crippen molar-refractivity contribution in [2.75, 3.05) is 0 Å². The van der Waals surface area contributed by atoms with E-state index in [4.69, 9.17) is 0 Å². The van der Waals surface area contributed by atoms with Crippen molar-refractivity contribution in [3.05, 3.63) is 43.8 Å². The fourth-order valence-corrected chi connectivity index (χ4v) is 3.12. The molecule has 0 radical (unpaired) electrons. The Morgan fingerprint density at radius 1 is 1.21 bits per heavy atom. The molecule has 1 aromatic rings. The molecule has 0 fully saturated rings. The molecule has 2 nitrogen and oxygen atoms in total. The van der Waals surface area contributed by atoms with Gasteiger partial charge in [0.2, 0.25) is 5.78 Å². The summed E-state index contributed by atoms with van der Waals surface area (Å²) in [6.45, 7) is 0.